The van der Waals surface area contributed by atoms with Crippen molar-refractivity contribution in [2.24, 2.45) is 5.92 Å². The zero-order chi connectivity index (χ0) is 16.0. The number of anilines is 1. The van der Waals surface area contributed by atoms with Gasteiger partial charge in [0.15, 0.2) is 5.13 Å². The van der Waals surface area contributed by atoms with Crippen molar-refractivity contribution in [1.29, 1.82) is 0 Å². The maximum absolute atomic E-state index is 11.9. The van der Waals surface area contributed by atoms with Crippen molar-refractivity contribution in [2.75, 3.05) is 33.2 Å². The maximum atomic E-state index is 11.9. The van der Waals surface area contributed by atoms with Crippen molar-refractivity contribution < 1.29 is 9.53 Å². The van der Waals surface area contributed by atoms with Crippen LogP contribution in [-0.4, -0.2) is 45.2 Å². The first-order valence-corrected chi connectivity index (χ1v) is 7.86. The summed E-state index contributed by atoms with van der Waals surface area (Å²) in [4.78, 5) is 19.3. The molecule has 0 aliphatic rings. The van der Waals surface area contributed by atoms with Gasteiger partial charge in [0.25, 0.3) is 0 Å². The van der Waals surface area contributed by atoms with Crippen LogP contribution in [0.15, 0.2) is 0 Å². The molecule has 1 amide bonds. The quantitative estimate of drug-likeness (QED) is 0.760. The topological polar surface area (TPSA) is 66.5 Å². The maximum Gasteiger partial charge on any atom is 0.236 e. The Morgan fingerprint density at radius 3 is 2.57 bits per heavy atom. The molecule has 0 aromatic carbocycles. The molecule has 1 rings (SSSR count). The molecule has 7 heteroatoms. The lowest BCUT2D eigenvalue weighted by atomic mass is 10.0. The second kappa shape index (κ2) is 8.19. The van der Waals surface area contributed by atoms with Crippen LogP contribution >= 0.6 is 11.3 Å². The molecule has 1 aromatic rings. The Bertz CT molecular complexity index is 460. The van der Waals surface area contributed by atoms with Gasteiger partial charge in [-0.25, -0.2) is 0 Å². The minimum Gasteiger partial charge on any atom is -0.480 e. The van der Waals surface area contributed by atoms with Gasteiger partial charge in [-0.1, -0.05) is 25.2 Å². The van der Waals surface area contributed by atoms with Crippen molar-refractivity contribution in [3.8, 4) is 5.88 Å². The fourth-order valence-corrected chi connectivity index (χ4v) is 2.84. The highest BCUT2D eigenvalue weighted by atomic mass is 32.1. The number of carbonyl (C=O) groups excluding carboxylic acids is 1. The lowest BCUT2D eigenvalue weighted by molar-refractivity contribution is -0.123. The van der Waals surface area contributed by atoms with Crippen LogP contribution in [0.2, 0.25) is 0 Å². The molecule has 6 nitrogen and oxygen atoms in total. The Labute approximate surface area is 130 Å². The summed E-state index contributed by atoms with van der Waals surface area (Å²) in [6, 6.07) is -0.204. The number of methoxy groups -OCH3 is 1. The molecule has 2 N–H and O–H groups in total. The number of nitrogens with zero attached hydrogens (tertiary/aromatic N) is 2. The summed E-state index contributed by atoms with van der Waals surface area (Å²) in [5.41, 5.74) is 0. The van der Waals surface area contributed by atoms with Crippen LogP contribution in [0.25, 0.3) is 0 Å². The third-order valence-electron chi connectivity index (χ3n) is 3.01. The number of amides is 1. The van der Waals surface area contributed by atoms with E-state index in [1.807, 2.05) is 19.0 Å². The first-order valence-electron chi connectivity index (χ1n) is 7.05. The van der Waals surface area contributed by atoms with Crippen molar-refractivity contribution in [3.63, 3.8) is 0 Å². The van der Waals surface area contributed by atoms with Gasteiger partial charge in [0, 0.05) is 27.7 Å². The molecule has 1 aromatic heterocycles. The lowest BCUT2D eigenvalue weighted by Gasteiger charge is -2.18. The number of thiazole rings is 1. The fourth-order valence-electron chi connectivity index (χ4n) is 1.93. The van der Waals surface area contributed by atoms with Crippen LogP contribution in [0.1, 0.15) is 25.1 Å². The van der Waals surface area contributed by atoms with Crippen molar-refractivity contribution in [1.82, 2.24) is 15.6 Å². The molecule has 0 saturated carbocycles. The van der Waals surface area contributed by atoms with Crippen molar-refractivity contribution in [3.05, 3.63) is 4.88 Å². The Morgan fingerprint density at radius 1 is 1.43 bits per heavy atom. The number of nitrogens with one attached hydrogen (secondary N) is 2. The summed E-state index contributed by atoms with van der Waals surface area (Å²) in [6.45, 7) is 4.78. The molecule has 0 fully saturated rings. The molecule has 0 bridgehead atoms. The summed E-state index contributed by atoms with van der Waals surface area (Å²) in [6.07, 6.45) is 0.793. The minimum absolute atomic E-state index is 0.0139. The third-order valence-corrected chi connectivity index (χ3v) is 4.21. The highest BCUT2D eigenvalue weighted by Crippen LogP contribution is 2.30. The highest BCUT2D eigenvalue weighted by molar-refractivity contribution is 7.15. The van der Waals surface area contributed by atoms with Crippen LogP contribution in [0, 0.1) is 5.92 Å². The van der Waals surface area contributed by atoms with Crippen LogP contribution in [0.3, 0.4) is 0 Å². The summed E-state index contributed by atoms with van der Waals surface area (Å²) in [5, 5.41) is 6.90. The van der Waals surface area contributed by atoms with Crippen LogP contribution in [0.5, 0.6) is 5.88 Å². The lowest BCUT2D eigenvalue weighted by Crippen LogP contribution is -2.43. The predicted octanol–water partition coefficient (Wildman–Crippen LogP) is 1.47. The van der Waals surface area contributed by atoms with Gasteiger partial charge in [-0.3, -0.25) is 4.79 Å². The van der Waals surface area contributed by atoms with Crippen molar-refractivity contribution >= 4 is 22.4 Å². The Hall–Kier alpha value is -1.34. The minimum atomic E-state index is -0.204. The van der Waals surface area contributed by atoms with E-state index in [1.165, 1.54) is 0 Å². The highest BCUT2D eigenvalue weighted by Gasteiger charge is 2.20. The number of ether oxygens (including phenoxy) is 1. The van der Waals surface area contributed by atoms with Gasteiger partial charge in [0.05, 0.1) is 18.0 Å². The summed E-state index contributed by atoms with van der Waals surface area (Å²) in [5.74, 6) is 1.08. The van der Waals surface area contributed by atoms with Crippen LogP contribution in [-0.2, 0) is 11.3 Å². The molecule has 21 heavy (non-hydrogen) atoms. The first kappa shape index (κ1) is 17.7. The van der Waals surface area contributed by atoms with E-state index in [0.29, 0.717) is 18.3 Å². The molecule has 0 radical (unpaired) electrons. The van der Waals surface area contributed by atoms with E-state index in [2.05, 4.69) is 29.5 Å². The molecular formula is C14H26N4O2S. The zero-order valence-corrected chi connectivity index (χ0v) is 14.5. The standard InChI is InChI=1S/C14H26N4O2S/c1-9(2)7-10(12(19)15-3)16-8-11-13(20-6)17-14(21-11)18(4)5/h9-10,16H,7-8H2,1-6H3,(H,15,19). The molecule has 0 saturated heterocycles. The monoisotopic (exact) mass is 314 g/mol. The Balaban J connectivity index is 2.77. The van der Waals surface area contributed by atoms with Crippen molar-refractivity contribution in [2.45, 2.75) is 32.9 Å². The third kappa shape index (κ3) is 5.17. The van der Waals surface area contributed by atoms with E-state index < -0.39 is 0 Å². The molecule has 1 heterocycles. The van der Waals surface area contributed by atoms with E-state index in [0.717, 1.165) is 16.4 Å². The molecule has 0 aliphatic carbocycles. The van der Waals surface area contributed by atoms with Gasteiger partial charge in [0.1, 0.15) is 0 Å². The van der Waals surface area contributed by atoms with E-state index in [9.17, 15) is 4.79 Å². The van der Waals surface area contributed by atoms with E-state index in [-0.39, 0.29) is 11.9 Å². The average Bonchev–Trinajstić information content (AvgIpc) is 2.85. The second-order valence-electron chi connectivity index (χ2n) is 5.50. The number of carbonyl (C=O) groups is 1. The number of hydrogen-bond donors (Lipinski definition) is 2. The largest absolute Gasteiger partial charge is 0.480 e. The summed E-state index contributed by atoms with van der Waals surface area (Å²) < 4.78 is 5.31. The Kier molecular flexibility index (Phi) is 6.91. The van der Waals surface area contributed by atoms with Gasteiger partial charge in [-0.2, -0.15) is 4.98 Å². The molecule has 120 valence electrons. The summed E-state index contributed by atoms with van der Waals surface area (Å²) in [7, 11) is 7.17. The normalized spacial score (nSPS) is 12.3. The van der Waals surface area contributed by atoms with Crippen LogP contribution < -0.4 is 20.3 Å². The fraction of sp³-hybridized carbons (Fsp3) is 0.714. The smallest absolute Gasteiger partial charge is 0.236 e. The van der Waals surface area contributed by atoms with Crippen LogP contribution in [0.4, 0.5) is 5.13 Å². The molecule has 1 atom stereocenters. The number of likely N-dealkylation sites (N-methyl/N-ethyl adjacent to an activating group) is 1. The summed E-state index contributed by atoms with van der Waals surface area (Å²) >= 11 is 1.57. The molecule has 0 spiro atoms. The SMILES string of the molecule is CNC(=O)C(CC(C)C)NCc1sc(N(C)C)nc1OC. The number of aromatic nitrogens is 1. The van der Waals surface area contributed by atoms with Gasteiger partial charge in [-0.05, 0) is 12.3 Å². The van der Waals surface area contributed by atoms with Gasteiger partial charge >= 0.3 is 0 Å². The zero-order valence-electron chi connectivity index (χ0n) is 13.7. The molecular weight excluding hydrogens is 288 g/mol. The first-order chi connectivity index (χ1) is 9.88. The van der Waals surface area contributed by atoms with E-state index in [4.69, 9.17) is 4.74 Å². The van der Waals surface area contributed by atoms with Gasteiger partial charge < -0.3 is 20.3 Å². The second-order valence-corrected chi connectivity index (χ2v) is 6.56. The Morgan fingerprint density at radius 2 is 2.10 bits per heavy atom. The molecule has 1 unspecified atom stereocenters. The predicted molar refractivity (Wildman–Crippen MR) is 87.1 cm³/mol. The average molecular weight is 314 g/mol. The van der Waals surface area contributed by atoms with Gasteiger partial charge in [0.2, 0.25) is 11.8 Å². The molecule has 0 aliphatic heterocycles. The number of rotatable bonds is 8. The number of hydrogen-bond acceptors (Lipinski definition) is 6. The van der Waals surface area contributed by atoms with Gasteiger partial charge in [-0.15, -0.1) is 0 Å². The van der Waals surface area contributed by atoms with E-state index in [1.54, 1.807) is 25.5 Å². The van der Waals surface area contributed by atoms with E-state index >= 15 is 0 Å².